The van der Waals surface area contributed by atoms with Crippen LogP contribution in [0, 0.1) is 22.9 Å². The molecule has 3 heterocycles. The first-order valence-corrected chi connectivity index (χ1v) is 13.8. The average molecular weight is 562 g/mol. The number of nitriles is 1. The Balaban J connectivity index is 1.28. The summed E-state index contributed by atoms with van der Waals surface area (Å²) in [7, 11) is 0. The lowest BCUT2D eigenvalue weighted by atomic mass is 9.34. The quantitative estimate of drug-likeness (QED) is 0.210. The van der Waals surface area contributed by atoms with Crippen molar-refractivity contribution < 1.29 is 17.6 Å². The molecule has 0 N–H and O–H groups in total. The van der Waals surface area contributed by atoms with E-state index in [9.17, 15) is 13.2 Å². The van der Waals surface area contributed by atoms with Crippen LogP contribution in [0.5, 0.6) is 0 Å². The van der Waals surface area contributed by atoms with E-state index in [0.29, 0.717) is 28.6 Å². The van der Waals surface area contributed by atoms with E-state index in [4.69, 9.17) is 16.9 Å². The van der Waals surface area contributed by atoms with E-state index < -0.39 is 18.1 Å². The van der Waals surface area contributed by atoms with Gasteiger partial charge in [-0.1, -0.05) is 23.7 Å². The molecule has 0 radical (unpaired) electrons. The van der Waals surface area contributed by atoms with Crippen LogP contribution in [0.4, 0.5) is 23.2 Å². The molecule has 38 heavy (non-hydrogen) atoms. The van der Waals surface area contributed by atoms with Gasteiger partial charge in [0, 0.05) is 34.5 Å². The van der Waals surface area contributed by atoms with E-state index in [-0.39, 0.29) is 35.7 Å². The van der Waals surface area contributed by atoms with Gasteiger partial charge >= 0.3 is 0 Å². The molecule has 5 nitrogen and oxygen atoms in total. The summed E-state index contributed by atoms with van der Waals surface area (Å²) in [5.41, 5.74) is 1.47. The maximum Gasteiger partial charge on any atom is 0.278 e. The van der Waals surface area contributed by atoms with Gasteiger partial charge in [0.1, 0.15) is 17.3 Å². The normalized spacial score (nSPS) is 18.8. The molecule has 2 aromatic carbocycles. The molecule has 5 rings (SSSR count). The third-order valence-electron chi connectivity index (χ3n) is 7.36. The molecule has 198 valence electrons. The zero-order valence-electron chi connectivity index (χ0n) is 20.5. The van der Waals surface area contributed by atoms with Crippen molar-refractivity contribution in [2.24, 2.45) is 10.2 Å². The highest BCUT2D eigenvalue weighted by atomic mass is 35.5. The van der Waals surface area contributed by atoms with Gasteiger partial charge in [0.2, 0.25) is 0 Å². The summed E-state index contributed by atoms with van der Waals surface area (Å²) in [6.07, 6.45) is 0.957. The van der Waals surface area contributed by atoms with Crippen LogP contribution in [0.1, 0.15) is 30.4 Å². The van der Waals surface area contributed by atoms with Gasteiger partial charge in [-0.3, -0.25) is 0 Å². The lowest BCUT2D eigenvalue weighted by Crippen LogP contribution is -2.51. The van der Waals surface area contributed by atoms with Gasteiger partial charge in [-0.15, -0.1) is 0 Å². The van der Waals surface area contributed by atoms with Gasteiger partial charge in [-0.2, -0.15) is 10.2 Å². The van der Waals surface area contributed by atoms with Crippen LogP contribution in [0.15, 0.2) is 46.6 Å². The molecule has 2 aromatic rings. The summed E-state index contributed by atoms with van der Waals surface area (Å²) in [5.74, 6) is 1.33. The molecule has 0 spiro atoms. The smallest absolute Gasteiger partial charge is 0.278 e. The van der Waals surface area contributed by atoms with Gasteiger partial charge in [0.15, 0.2) is 0 Å². The van der Waals surface area contributed by atoms with Gasteiger partial charge in [0.05, 0.1) is 17.3 Å². The van der Waals surface area contributed by atoms with Crippen LogP contribution < -0.4 is 4.31 Å². The van der Waals surface area contributed by atoms with Crippen molar-refractivity contribution >= 4 is 47.4 Å². The fourth-order valence-corrected chi connectivity index (χ4v) is 6.41. The second kappa shape index (κ2) is 11.7. The van der Waals surface area contributed by atoms with E-state index in [1.165, 1.54) is 18.2 Å². The molecule has 12 heteroatoms. The molecule has 0 amide bonds. The number of hydrogen-bond acceptors (Lipinski definition) is 6. The topological polar surface area (TPSA) is 55.0 Å². The first kappa shape index (κ1) is 27.0. The van der Waals surface area contributed by atoms with Crippen molar-refractivity contribution in [1.29, 1.82) is 5.26 Å². The molecular weight excluding hydrogens is 537 g/mol. The highest BCUT2D eigenvalue weighted by Gasteiger charge is 2.38. The summed E-state index contributed by atoms with van der Waals surface area (Å²) in [5, 5.41) is 16.6. The first-order chi connectivity index (χ1) is 18.3. The number of likely N-dealkylation sites (tertiary alicyclic amines) is 1. The SMILES string of the molecule is N#CB1CC(N2CCC(SN(Cc3ccc(C4=NN=C(C(F)F)C4)cc3F)c3ccc(F)c(Cl)c3)CC2)C1. The molecule has 0 aromatic heterocycles. The second-order valence-electron chi connectivity index (χ2n) is 9.85. The Hall–Kier alpha value is -2.55. The van der Waals surface area contributed by atoms with Crippen molar-refractivity contribution in [2.75, 3.05) is 17.4 Å². The van der Waals surface area contributed by atoms with E-state index in [2.05, 4.69) is 21.1 Å². The molecule has 2 saturated heterocycles. The van der Waals surface area contributed by atoms with Crippen molar-refractivity contribution in [3.63, 3.8) is 0 Å². The molecule has 3 aliphatic heterocycles. The summed E-state index contributed by atoms with van der Waals surface area (Å²) in [4.78, 5) is 2.46. The molecule has 0 aliphatic carbocycles. The van der Waals surface area contributed by atoms with E-state index >= 15 is 4.39 Å². The average Bonchev–Trinajstić information content (AvgIpc) is 3.38. The van der Waals surface area contributed by atoms with Gasteiger partial charge in [-0.05, 0) is 80.8 Å². The largest absolute Gasteiger partial charge is 0.311 e. The van der Waals surface area contributed by atoms with Crippen LogP contribution in [-0.4, -0.2) is 53.8 Å². The van der Waals surface area contributed by atoms with Crippen LogP contribution in [0.3, 0.4) is 0 Å². The fraction of sp³-hybridized carbons (Fsp3) is 0.423. The summed E-state index contributed by atoms with van der Waals surface area (Å²) in [6.45, 7) is 2.25. The van der Waals surface area contributed by atoms with Crippen molar-refractivity contribution in [1.82, 2.24) is 4.90 Å². The van der Waals surface area contributed by atoms with Crippen LogP contribution in [0.25, 0.3) is 0 Å². The number of piperidine rings is 1. The van der Waals surface area contributed by atoms with Gasteiger partial charge in [0.25, 0.3) is 13.1 Å². The maximum absolute atomic E-state index is 15.2. The Kier molecular flexibility index (Phi) is 8.31. The Bertz CT molecular complexity index is 1290. The van der Waals surface area contributed by atoms with Crippen molar-refractivity contribution in [3.05, 3.63) is 64.2 Å². The number of halogens is 5. The molecule has 2 fully saturated rings. The van der Waals surface area contributed by atoms with Gasteiger partial charge < -0.3 is 9.21 Å². The molecular formula is C26H25BClF4N5S. The molecule has 0 bridgehead atoms. The van der Waals surface area contributed by atoms with E-state index in [1.807, 2.05) is 4.31 Å². The lowest BCUT2D eigenvalue weighted by molar-refractivity contribution is 0.176. The molecule has 0 saturated carbocycles. The number of alkyl halides is 2. The standard InChI is InChI=1S/C26H25BClF4N5S/c28-21-10-18(3-4-22(21)29)37(38-20-5-7-36(8-6-20)19-12-27(13-19)15-33)14-17-2-1-16(9-23(17)30)24-11-25(26(31)32)35-34-24/h1-4,9-10,19-20,26H,5-8,11-14H2. The summed E-state index contributed by atoms with van der Waals surface area (Å²) >= 11 is 7.67. The minimum absolute atomic E-state index is 0.00940. The fourth-order valence-electron chi connectivity index (χ4n) is 5.00. The number of nitrogens with zero attached hydrogens (tertiary/aromatic N) is 5. The van der Waals surface area contributed by atoms with E-state index in [1.54, 1.807) is 30.1 Å². The molecule has 3 aliphatic rings. The van der Waals surface area contributed by atoms with Crippen molar-refractivity contribution in [2.45, 2.75) is 56.2 Å². The zero-order chi connectivity index (χ0) is 26.8. The Morgan fingerprint density at radius 3 is 2.50 bits per heavy atom. The van der Waals surface area contributed by atoms with Crippen LogP contribution >= 0.6 is 23.5 Å². The molecule has 0 unspecified atom stereocenters. The lowest BCUT2D eigenvalue weighted by Gasteiger charge is -2.43. The van der Waals surface area contributed by atoms with Crippen LogP contribution in [0.2, 0.25) is 17.7 Å². The zero-order valence-corrected chi connectivity index (χ0v) is 22.0. The Morgan fingerprint density at radius 1 is 1.11 bits per heavy atom. The Labute approximate surface area is 228 Å². The van der Waals surface area contributed by atoms with Crippen molar-refractivity contribution in [3.8, 4) is 5.97 Å². The van der Waals surface area contributed by atoms with Gasteiger partial charge in [-0.25, -0.2) is 22.8 Å². The predicted octanol–water partition coefficient (Wildman–Crippen LogP) is 6.49. The highest BCUT2D eigenvalue weighted by Crippen LogP contribution is 2.37. The predicted molar refractivity (Wildman–Crippen MR) is 146 cm³/mol. The minimum atomic E-state index is -2.69. The monoisotopic (exact) mass is 561 g/mol. The number of benzene rings is 2. The third-order valence-corrected chi connectivity index (χ3v) is 9.01. The summed E-state index contributed by atoms with van der Waals surface area (Å²) < 4.78 is 56.8. The van der Waals surface area contributed by atoms with Crippen LogP contribution in [-0.2, 0) is 6.54 Å². The summed E-state index contributed by atoms with van der Waals surface area (Å²) in [6, 6.07) is 9.53. The second-order valence-corrected chi connectivity index (χ2v) is 11.6. The number of rotatable bonds is 8. The van der Waals surface area contributed by atoms with E-state index in [0.717, 1.165) is 38.6 Å². The number of anilines is 1. The third kappa shape index (κ3) is 6.03. The highest BCUT2D eigenvalue weighted by molar-refractivity contribution is 8.01. The maximum atomic E-state index is 15.2. The first-order valence-electron chi connectivity index (χ1n) is 12.5. The minimum Gasteiger partial charge on any atom is -0.311 e. The molecule has 0 atom stereocenters. The Morgan fingerprint density at radius 2 is 1.87 bits per heavy atom. The number of hydrogen-bond donors (Lipinski definition) is 0.